The number of thiophene rings is 1. The topological polar surface area (TPSA) is 58.7 Å². The van der Waals surface area contributed by atoms with Crippen LogP contribution < -0.4 is 5.56 Å². The predicted molar refractivity (Wildman–Crippen MR) is 94.8 cm³/mol. The molecule has 0 saturated heterocycles. The molecule has 6 heteroatoms. The minimum atomic E-state index is -0.0489. The third-order valence-electron chi connectivity index (χ3n) is 3.35. The van der Waals surface area contributed by atoms with Crippen molar-refractivity contribution in [2.24, 2.45) is 0 Å². The van der Waals surface area contributed by atoms with E-state index >= 15 is 0 Å². The molecular weight excluding hydrogens is 326 g/mol. The van der Waals surface area contributed by atoms with Gasteiger partial charge in [-0.1, -0.05) is 36.0 Å². The highest BCUT2D eigenvalue weighted by Gasteiger charge is 2.12. The number of aromatic nitrogens is 2. The van der Waals surface area contributed by atoms with Crippen molar-refractivity contribution >= 4 is 33.3 Å². The van der Waals surface area contributed by atoms with E-state index in [0.717, 1.165) is 10.4 Å². The van der Waals surface area contributed by atoms with Gasteiger partial charge in [-0.15, -0.1) is 17.9 Å². The molecule has 0 radical (unpaired) electrons. The fraction of sp³-hybridized carbons (Fsp3) is 0.118. The highest BCUT2D eigenvalue weighted by molar-refractivity contribution is 7.98. The Kier molecular flexibility index (Phi) is 4.60. The number of nitrogens with zero attached hydrogens (tertiary/aromatic N) is 3. The first-order valence-corrected chi connectivity index (χ1v) is 8.81. The standard InChI is InChI=1S/C17H13N3OS2/c1-2-8-20-16(21)14-7-9-22-15(14)19-17(20)23-11-13-6-4-3-5-12(13)10-18/h2-7,9H,1,8,11H2. The lowest BCUT2D eigenvalue weighted by Crippen LogP contribution is -2.22. The highest BCUT2D eigenvalue weighted by atomic mass is 32.2. The minimum absolute atomic E-state index is 0.0489. The fourth-order valence-electron chi connectivity index (χ4n) is 2.23. The summed E-state index contributed by atoms with van der Waals surface area (Å²) in [4.78, 5) is 17.9. The van der Waals surface area contributed by atoms with E-state index in [-0.39, 0.29) is 5.56 Å². The van der Waals surface area contributed by atoms with E-state index in [4.69, 9.17) is 0 Å². The maximum atomic E-state index is 12.6. The van der Waals surface area contributed by atoms with Gasteiger partial charge in [0.1, 0.15) is 4.83 Å². The molecule has 0 amide bonds. The molecule has 4 nitrogen and oxygen atoms in total. The number of fused-ring (bicyclic) bond motifs is 1. The minimum Gasteiger partial charge on any atom is -0.283 e. The normalized spacial score (nSPS) is 10.6. The summed E-state index contributed by atoms with van der Waals surface area (Å²) >= 11 is 2.92. The summed E-state index contributed by atoms with van der Waals surface area (Å²) in [7, 11) is 0. The van der Waals surface area contributed by atoms with Crippen LogP contribution in [0.5, 0.6) is 0 Å². The lowest BCUT2D eigenvalue weighted by molar-refractivity contribution is 0.673. The third kappa shape index (κ3) is 3.07. The Morgan fingerprint density at radius 3 is 3.00 bits per heavy atom. The van der Waals surface area contributed by atoms with Gasteiger partial charge < -0.3 is 0 Å². The summed E-state index contributed by atoms with van der Waals surface area (Å²) in [6.07, 6.45) is 1.69. The molecule has 0 saturated carbocycles. The number of thioether (sulfide) groups is 1. The number of nitriles is 1. The molecule has 0 bridgehead atoms. The van der Waals surface area contributed by atoms with E-state index in [1.54, 1.807) is 22.8 Å². The quantitative estimate of drug-likeness (QED) is 0.403. The van der Waals surface area contributed by atoms with Crippen molar-refractivity contribution in [3.63, 3.8) is 0 Å². The van der Waals surface area contributed by atoms with Crippen LogP contribution in [-0.4, -0.2) is 9.55 Å². The molecule has 0 fully saturated rings. The lowest BCUT2D eigenvalue weighted by Gasteiger charge is -2.10. The van der Waals surface area contributed by atoms with Crippen LogP contribution in [0.2, 0.25) is 0 Å². The second-order valence-electron chi connectivity index (χ2n) is 4.80. The van der Waals surface area contributed by atoms with E-state index in [1.165, 1.54) is 23.1 Å². The van der Waals surface area contributed by atoms with Crippen molar-refractivity contribution in [3.8, 4) is 6.07 Å². The van der Waals surface area contributed by atoms with Gasteiger partial charge in [0.15, 0.2) is 5.16 Å². The second kappa shape index (κ2) is 6.82. The molecule has 0 N–H and O–H groups in total. The van der Waals surface area contributed by atoms with Crippen LogP contribution in [-0.2, 0) is 12.3 Å². The number of rotatable bonds is 5. The van der Waals surface area contributed by atoms with Gasteiger partial charge >= 0.3 is 0 Å². The van der Waals surface area contributed by atoms with Gasteiger partial charge in [0, 0.05) is 12.3 Å². The Morgan fingerprint density at radius 1 is 1.39 bits per heavy atom. The van der Waals surface area contributed by atoms with Crippen LogP contribution >= 0.6 is 23.1 Å². The fourth-order valence-corrected chi connectivity index (χ4v) is 4.05. The Labute approximate surface area is 141 Å². The molecule has 0 aliphatic heterocycles. The van der Waals surface area contributed by atoms with E-state index < -0.39 is 0 Å². The molecule has 0 unspecified atom stereocenters. The zero-order valence-electron chi connectivity index (χ0n) is 12.2. The summed E-state index contributed by atoms with van der Waals surface area (Å²) in [6, 6.07) is 11.5. The Balaban J connectivity index is 1.99. The van der Waals surface area contributed by atoms with Crippen molar-refractivity contribution in [2.45, 2.75) is 17.5 Å². The van der Waals surface area contributed by atoms with Crippen molar-refractivity contribution < 1.29 is 0 Å². The van der Waals surface area contributed by atoms with Crippen LogP contribution in [0.1, 0.15) is 11.1 Å². The van der Waals surface area contributed by atoms with Gasteiger partial charge in [0.05, 0.1) is 17.0 Å². The van der Waals surface area contributed by atoms with E-state index in [9.17, 15) is 10.1 Å². The molecule has 0 aliphatic rings. The molecular formula is C17H13N3OS2. The molecule has 3 rings (SSSR count). The number of benzene rings is 1. The summed E-state index contributed by atoms with van der Waals surface area (Å²) in [5.74, 6) is 0.587. The van der Waals surface area contributed by atoms with E-state index in [0.29, 0.717) is 28.4 Å². The first kappa shape index (κ1) is 15.5. The molecule has 0 spiro atoms. The van der Waals surface area contributed by atoms with Crippen molar-refractivity contribution in [1.29, 1.82) is 5.26 Å². The van der Waals surface area contributed by atoms with Crippen LogP contribution in [0.25, 0.3) is 10.2 Å². The van der Waals surface area contributed by atoms with Crippen LogP contribution in [0.4, 0.5) is 0 Å². The van der Waals surface area contributed by atoms with Gasteiger partial charge in [-0.2, -0.15) is 5.26 Å². The van der Waals surface area contributed by atoms with Gasteiger partial charge in [-0.3, -0.25) is 9.36 Å². The van der Waals surface area contributed by atoms with Crippen LogP contribution in [0, 0.1) is 11.3 Å². The largest absolute Gasteiger partial charge is 0.283 e. The van der Waals surface area contributed by atoms with Gasteiger partial charge in [-0.05, 0) is 23.1 Å². The Morgan fingerprint density at radius 2 is 2.22 bits per heavy atom. The first-order chi connectivity index (χ1) is 11.2. The first-order valence-electron chi connectivity index (χ1n) is 6.94. The van der Waals surface area contributed by atoms with Crippen molar-refractivity contribution in [1.82, 2.24) is 9.55 Å². The zero-order chi connectivity index (χ0) is 16.2. The monoisotopic (exact) mass is 339 g/mol. The summed E-state index contributed by atoms with van der Waals surface area (Å²) in [5.41, 5.74) is 1.53. The average molecular weight is 339 g/mol. The maximum absolute atomic E-state index is 12.6. The van der Waals surface area contributed by atoms with E-state index in [1.807, 2.05) is 23.6 Å². The maximum Gasteiger partial charge on any atom is 0.263 e. The molecule has 2 aromatic heterocycles. The Bertz CT molecular complexity index is 966. The molecule has 114 valence electrons. The number of hydrogen-bond acceptors (Lipinski definition) is 5. The molecule has 2 heterocycles. The second-order valence-corrected chi connectivity index (χ2v) is 6.63. The average Bonchev–Trinajstić information content (AvgIpc) is 3.05. The predicted octanol–water partition coefficient (Wildman–Crippen LogP) is 3.81. The van der Waals surface area contributed by atoms with E-state index in [2.05, 4.69) is 17.6 Å². The molecule has 23 heavy (non-hydrogen) atoms. The van der Waals surface area contributed by atoms with Gasteiger partial charge in [-0.25, -0.2) is 4.98 Å². The molecule has 0 aliphatic carbocycles. The molecule has 3 aromatic rings. The van der Waals surface area contributed by atoms with Crippen molar-refractivity contribution in [2.75, 3.05) is 0 Å². The highest BCUT2D eigenvalue weighted by Crippen LogP contribution is 2.25. The third-order valence-corrected chi connectivity index (χ3v) is 5.19. The molecule has 1 aromatic carbocycles. The Hall–Kier alpha value is -2.36. The van der Waals surface area contributed by atoms with Crippen LogP contribution in [0.15, 0.2) is 58.3 Å². The smallest absolute Gasteiger partial charge is 0.263 e. The van der Waals surface area contributed by atoms with Crippen molar-refractivity contribution in [3.05, 3.63) is 69.8 Å². The van der Waals surface area contributed by atoms with Gasteiger partial charge in [0.25, 0.3) is 5.56 Å². The number of hydrogen-bond donors (Lipinski definition) is 0. The summed E-state index contributed by atoms with van der Waals surface area (Å²) in [5, 5.41) is 12.3. The lowest BCUT2D eigenvalue weighted by atomic mass is 10.1. The zero-order valence-corrected chi connectivity index (χ0v) is 13.9. The SMILES string of the molecule is C=CCn1c(SCc2ccccc2C#N)nc2sccc2c1=O. The summed E-state index contributed by atoms with van der Waals surface area (Å²) < 4.78 is 1.63. The summed E-state index contributed by atoms with van der Waals surface area (Å²) in [6.45, 7) is 4.13. The van der Waals surface area contributed by atoms with Gasteiger partial charge in [0.2, 0.25) is 0 Å². The molecule has 0 atom stereocenters. The number of allylic oxidation sites excluding steroid dienone is 1. The van der Waals surface area contributed by atoms with Crippen LogP contribution in [0.3, 0.4) is 0 Å².